The van der Waals surface area contributed by atoms with Gasteiger partial charge in [0.1, 0.15) is 0 Å². The third-order valence-corrected chi connectivity index (χ3v) is 11.7. The van der Waals surface area contributed by atoms with Gasteiger partial charge in [0.05, 0.1) is 5.41 Å². The molecule has 0 aliphatic heterocycles. The van der Waals surface area contributed by atoms with Gasteiger partial charge in [0.15, 0.2) is 11.5 Å². The Balaban J connectivity index is 0.000000617. The highest BCUT2D eigenvalue weighted by Gasteiger charge is 2.67. The second-order valence-corrected chi connectivity index (χ2v) is 13.6. The molecule has 1 aromatic rings. The predicted octanol–water partition coefficient (Wildman–Crippen LogP) is 5.69. The number of aliphatic carboxylic acids is 1. The SMILES string of the molecule is Cc1c(O)c(O)cc2c1CC=C1C2(C)CCC2(C)C3CC(C)(C(=O)O)CCC3(C)CCC12C.NC(=O)NO. The third kappa shape index (κ3) is 3.81. The van der Waals surface area contributed by atoms with Gasteiger partial charge in [-0.05, 0) is 110 Å². The van der Waals surface area contributed by atoms with E-state index >= 15 is 0 Å². The Morgan fingerprint density at radius 1 is 1.00 bits per heavy atom. The van der Waals surface area contributed by atoms with Crippen molar-refractivity contribution in [3.63, 3.8) is 0 Å². The molecule has 6 unspecified atom stereocenters. The zero-order chi connectivity index (χ0) is 28.5. The highest BCUT2D eigenvalue weighted by Crippen LogP contribution is 2.74. The summed E-state index contributed by atoms with van der Waals surface area (Å²) in [6.07, 6.45) is 10.0. The number of carbonyl (C=O) groups excluding carboxylic acids is 1. The fraction of sp³-hybridized carbons (Fsp3) is 0.667. The van der Waals surface area contributed by atoms with Crippen LogP contribution >= 0.6 is 0 Å². The molecule has 0 bridgehead atoms. The molecule has 3 saturated carbocycles. The van der Waals surface area contributed by atoms with Crippen molar-refractivity contribution in [3.8, 4) is 11.5 Å². The molecule has 3 fully saturated rings. The Morgan fingerprint density at radius 3 is 2.18 bits per heavy atom. The Kier molecular flexibility index (Phi) is 6.62. The minimum absolute atomic E-state index is 0.00431. The Labute approximate surface area is 225 Å². The van der Waals surface area contributed by atoms with Crippen LogP contribution in [0.5, 0.6) is 11.5 Å². The van der Waals surface area contributed by atoms with Crippen LogP contribution < -0.4 is 11.2 Å². The fourth-order valence-electron chi connectivity index (χ4n) is 8.89. The molecule has 6 atom stereocenters. The number of primary amides is 1. The van der Waals surface area contributed by atoms with Crippen LogP contribution in [0.1, 0.15) is 96.3 Å². The highest BCUT2D eigenvalue weighted by atomic mass is 16.5. The number of hydrogen-bond acceptors (Lipinski definition) is 5. The van der Waals surface area contributed by atoms with Crippen molar-refractivity contribution in [2.75, 3.05) is 0 Å². The molecule has 8 nitrogen and oxygen atoms in total. The molecule has 4 aliphatic rings. The maximum atomic E-state index is 12.3. The summed E-state index contributed by atoms with van der Waals surface area (Å²) in [4.78, 5) is 21.5. The zero-order valence-electron chi connectivity index (χ0n) is 23.6. The van der Waals surface area contributed by atoms with Crippen LogP contribution in [0.2, 0.25) is 0 Å². The van der Waals surface area contributed by atoms with E-state index in [2.05, 4.69) is 39.5 Å². The van der Waals surface area contributed by atoms with Gasteiger partial charge >= 0.3 is 12.0 Å². The number of urea groups is 1. The van der Waals surface area contributed by atoms with Crippen LogP contribution in [0.4, 0.5) is 4.79 Å². The maximum absolute atomic E-state index is 12.3. The molecule has 0 aromatic heterocycles. The molecule has 0 heterocycles. The smallest absolute Gasteiger partial charge is 0.335 e. The van der Waals surface area contributed by atoms with Gasteiger partial charge in [0.25, 0.3) is 0 Å². The number of carbonyl (C=O) groups is 2. The number of phenols is 2. The molecule has 8 heteroatoms. The number of nitrogens with one attached hydrogen (secondary N) is 1. The van der Waals surface area contributed by atoms with Gasteiger partial charge in [-0.3, -0.25) is 10.0 Å². The van der Waals surface area contributed by atoms with E-state index in [9.17, 15) is 24.9 Å². The molecule has 5 rings (SSSR count). The maximum Gasteiger partial charge on any atom is 0.335 e. The van der Waals surface area contributed by atoms with E-state index in [1.54, 1.807) is 0 Å². The van der Waals surface area contributed by atoms with Gasteiger partial charge in [-0.1, -0.05) is 39.3 Å². The van der Waals surface area contributed by atoms with Crippen LogP contribution in [0.25, 0.3) is 0 Å². The molecule has 1 aromatic carbocycles. The summed E-state index contributed by atoms with van der Waals surface area (Å²) in [5, 5.41) is 38.3. The van der Waals surface area contributed by atoms with Crippen molar-refractivity contribution >= 4 is 12.0 Å². The quantitative estimate of drug-likeness (QED) is 0.119. The third-order valence-electron chi connectivity index (χ3n) is 11.7. The number of phenolic OH excluding ortho intramolecular Hbond substituents is 2. The van der Waals surface area contributed by atoms with E-state index in [1.165, 1.54) is 16.6 Å². The summed E-state index contributed by atoms with van der Waals surface area (Å²) in [6, 6.07) is 0.871. The number of allylic oxidation sites excluding steroid dienone is 2. The number of amides is 2. The first kappa shape index (κ1) is 28.3. The van der Waals surface area contributed by atoms with E-state index in [4.69, 9.17) is 5.21 Å². The molecular weight excluding hydrogens is 484 g/mol. The van der Waals surface area contributed by atoms with Gasteiger partial charge < -0.3 is 21.1 Å². The molecule has 4 aliphatic carbocycles. The number of hydroxylamine groups is 1. The Bertz CT molecular complexity index is 1210. The second kappa shape index (κ2) is 8.90. The van der Waals surface area contributed by atoms with E-state index in [0.29, 0.717) is 5.92 Å². The van der Waals surface area contributed by atoms with E-state index in [0.717, 1.165) is 62.5 Å². The normalized spacial score (nSPS) is 39.1. The first-order valence-electron chi connectivity index (χ1n) is 13.7. The highest BCUT2D eigenvalue weighted by molar-refractivity contribution is 5.74. The molecule has 210 valence electrons. The number of carboxylic acid groups (broad SMARTS) is 1. The molecule has 38 heavy (non-hydrogen) atoms. The molecule has 0 radical (unpaired) electrons. The van der Waals surface area contributed by atoms with Gasteiger partial charge in [-0.15, -0.1) is 0 Å². The number of rotatable bonds is 1. The lowest BCUT2D eigenvalue weighted by Crippen LogP contribution is -2.62. The number of hydrogen-bond donors (Lipinski definition) is 6. The topological polar surface area (TPSA) is 153 Å². The van der Waals surface area contributed by atoms with Crippen LogP contribution in [0.15, 0.2) is 17.7 Å². The summed E-state index contributed by atoms with van der Waals surface area (Å²) in [5.74, 6) is -0.282. The number of benzene rings is 1. The van der Waals surface area contributed by atoms with E-state index in [-0.39, 0.29) is 33.2 Å². The van der Waals surface area contributed by atoms with E-state index < -0.39 is 17.4 Å². The number of carboxylic acids is 1. The van der Waals surface area contributed by atoms with Crippen molar-refractivity contribution in [2.24, 2.45) is 33.3 Å². The van der Waals surface area contributed by atoms with Crippen molar-refractivity contribution in [2.45, 2.75) is 98.3 Å². The van der Waals surface area contributed by atoms with Crippen molar-refractivity contribution in [3.05, 3.63) is 34.4 Å². The lowest BCUT2D eigenvalue weighted by atomic mass is 9.34. The number of fused-ring (bicyclic) bond motifs is 7. The van der Waals surface area contributed by atoms with E-state index in [1.807, 2.05) is 19.9 Å². The van der Waals surface area contributed by atoms with Crippen LogP contribution in [0.3, 0.4) is 0 Å². The molecule has 2 amide bonds. The molecular formula is C30H44N2O6. The minimum Gasteiger partial charge on any atom is -0.504 e. The first-order chi connectivity index (χ1) is 17.5. The molecule has 0 saturated heterocycles. The lowest BCUT2D eigenvalue weighted by Gasteiger charge is -2.69. The lowest BCUT2D eigenvalue weighted by molar-refractivity contribution is -0.177. The summed E-state index contributed by atoms with van der Waals surface area (Å²) in [5.41, 5.74) is 9.46. The van der Waals surface area contributed by atoms with Crippen molar-refractivity contribution in [1.82, 2.24) is 5.48 Å². The molecule has 0 spiro atoms. The summed E-state index contributed by atoms with van der Waals surface area (Å²) in [6.45, 7) is 13.5. The number of aromatic hydroxyl groups is 2. The van der Waals surface area contributed by atoms with Gasteiger partial charge in [-0.2, -0.15) is 0 Å². The van der Waals surface area contributed by atoms with Gasteiger partial charge in [-0.25, -0.2) is 10.3 Å². The van der Waals surface area contributed by atoms with Crippen LogP contribution in [-0.4, -0.2) is 32.5 Å². The first-order valence-corrected chi connectivity index (χ1v) is 13.7. The minimum atomic E-state index is -0.940. The van der Waals surface area contributed by atoms with Gasteiger partial charge in [0, 0.05) is 5.41 Å². The average molecular weight is 529 g/mol. The Morgan fingerprint density at radius 2 is 1.61 bits per heavy atom. The van der Waals surface area contributed by atoms with Crippen molar-refractivity contribution < 1.29 is 30.1 Å². The standard InChI is InChI=1S/C29H40O4.CH4N2O2/c1-17-18-7-8-21-27(4,19(18)15-20(30)23(17)31)12-14-29(6)22-16-26(3,24(32)33)10-9-25(22,2)11-13-28(21,29)5;2-1(4)3-5/h8,15,22,30-31H,7,9-14,16H2,1-6H3,(H,32,33);5H,(H3,2,3,4). The zero-order valence-corrected chi connectivity index (χ0v) is 23.6. The van der Waals surface area contributed by atoms with Crippen LogP contribution in [0, 0.1) is 34.5 Å². The summed E-state index contributed by atoms with van der Waals surface area (Å²) in [7, 11) is 0. The summed E-state index contributed by atoms with van der Waals surface area (Å²) < 4.78 is 0. The fourth-order valence-corrected chi connectivity index (χ4v) is 8.89. The summed E-state index contributed by atoms with van der Waals surface area (Å²) >= 11 is 0. The largest absolute Gasteiger partial charge is 0.504 e. The van der Waals surface area contributed by atoms with Crippen molar-refractivity contribution in [1.29, 1.82) is 0 Å². The Hall–Kier alpha value is -2.74. The van der Waals surface area contributed by atoms with Gasteiger partial charge in [0.2, 0.25) is 0 Å². The monoisotopic (exact) mass is 528 g/mol. The average Bonchev–Trinajstić information content (AvgIpc) is 2.86. The van der Waals surface area contributed by atoms with Crippen LogP contribution in [-0.2, 0) is 16.6 Å². The molecule has 7 N–H and O–H groups in total. The number of nitrogens with two attached hydrogens (primary N) is 1. The second-order valence-electron chi connectivity index (χ2n) is 13.6. The predicted molar refractivity (Wildman–Crippen MR) is 144 cm³/mol.